The number of methoxy groups -OCH3 is 2. The predicted molar refractivity (Wildman–Crippen MR) is 227 cm³/mol. The van der Waals surface area contributed by atoms with Gasteiger partial charge in [0.15, 0.2) is 24.8 Å². The van der Waals surface area contributed by atoms with E-state index in [1.54, 1.807) is 12.1 Å². The number of allylic oxidation sites excluding steroid dienone is 1. The van der Waals surface area contributed by atoms with Crippen molar-refractivity contribution in [3.8, 4) is 5.75 Å². The molecule has 2 saturated heterocycles. The number of carbonyl (C=O) groups excluding carboxylic acids is 4. The van der Waals surface area contributed by atoms with Gasteiger partial charge in [0.25, 0.3) is 0 Å². The van der Waals surface area contributed by atoms with E-state index in [-0.39, 0.29) is 53.3 Å². The van der Waals surface area contributed by atoms with Gasteiger partial charge in [0.1, 0.15) is 42.1 Å². The number of aliphatic hydroxyl groups is 3. The molecule has 2 aliphatic heterocycles. The summed E-state index contributed by atoms with van der Waals surface area (Å²) in [5, 5.41) is 33.1. The van der Waals surface area contributed by atoms with Crippen molar-refractivity contribution in [2.45, 2.75) is 160 Å². The van der Waals surface area contributed by atoms with E-state index in [0.29, 0.717) is 49.2 Å². The number of rotatable bonds is 14. The van der Waals surface area contributed by atoms with Gasteiger partial charge in [0.2, 0.25) is 0 Å². The number of fused-ring (bicyclic) bond motifs is 5. The van der Waals surface area contributed by atoms with Crippen LogP contribution in [-0.2, 0) is 47.5 Å². The van der Waals surface area contributed by atoms with Crippen LogP contribution >= 0.6 is 0 Å². The molecule has 6 aliphatic rings. The van der Waals surface area contributed by atoms with E-state index in [1.165, 1.54) is 38.8 Å². The Hall–Kier alpha value is -3.64. The first-order chi connectivity index (χ1) is 30.4. The van der Waals surface area contributed by atoms with E-state index in [1.807, 2.05) is 0 Å². The zero-order chi connectivity index (χ0) is 46.1. The fourth-order valence-corrected chi connectivity index (χ4v) is 11.9. The second kappa shape index (κ2) is 20.1. The Morgan fingerprint density at radius 3 is 2.22 bits per heavy atom. The van der Waals surface area contributed by atoms with E-state index in [9.17, 15) is 34.5 Å². The van der Waals surface area contributed by atoms with Gasteiger partial charge in [0, 0.05) is 26.2 Å². The number of hydrogen-bond donors (Lipinski definition) is 3. The molecule has 4 aliphatic carbocycles. The van der Waals surface area contributed by atoms with Crippen molar-refractivity contribution in [3.05, 3.63) is 41.5 Å². The Kier molecular flexibility index (Phi) is 15.1. The van der Waals surface area contributed by atoms with Crippen LogP contribution in [0.1, 0.15) is 109 Å². The topological polar surface area (TPSA) is 212 Å². The van der Waals surface area contributed by atoms with Crippen molar-refractivity contribution < 1.29 is 77.1 Å². The first-order valence-electron chi connectivity index (χ1n) is 23.0. The van der Waals surface area contributed by atoms with Gasteiger partial charge in [-0.3, -0.25) is 9.59 Å². The summed E-state index contributed by atoms with van der Waals surface area (Å²) in [5.41, 5.74) is 1.13. The van der Waals surface area contributed by atoms with Crippen molar-refractivity contribution in [1.29, 1.82) is 0 Å². The average molecular weight is 901 g/mol. The summed E-state index contributed by atoms with van der Waals surface area (Å²) in [6.45, 7) is 9.41. The molecular formula is C48H68O16. The minimum absolute atomic E-state index is 0.0685. The number of esters is 2. The SMILES string of the molecule is COC(=O)O[C@H]1CC[C@@]2(C)C(=CC[C@H]3C4C[C@H](OC5OCC(O)C(OC6OCC(O)C(O)C6OC(=O)c6ccc(OC)cc6)C5OC(C)=O)C(CC(=O)CCC(C)C)[C@@]4(C)CCC32)C1. The molecule has 16 nitrogen and oxygen atoms in total. The van der Waals surface area contributed by atoms with Gasteiger partial charge in [0.05, 0.1) is 39.1 Å². The van der Waals surface area contributed by atoms with Crippen LogP contribution in [0.25, 0.3) is 0 Å². The smallest absolute Gasteiger partial charge is 0.497 e. The highest BCUT2D eigenvalue weighted by atomic mass is 16.8. The minimum Gasteiger partial charge on any atom is -0.497 e. The number of hydrogen-bond acceptors (Lipinski definition) is 16. The van der Waals surface area contributed by atoms with E-state index in [0.717, 1.165) is 38.5 Å². The Labute approximate surface area is 375 Å². The summed E-state index contributed by atoms with van der Waals surface area (Å²) in [6.07, 6.45) is -3.28. The van der Waals surface area contributed by atoms with Crippen molar-refractivity contribution in [2.24, 2.45) is 40.4 Å². The second-order valence-corrected chi connectivity index (χ2v) is 19.7. The third kappa shape index (κ3) is 10.0. The van der Waals surface area contributed by atoms with Crippen LogP contribution in [0.3, 0.4) is 0 Å². The summed E-state index contributed by atoms with van der Waals surface area (Å²) < 4.78 is 52.3. The predicted octanol–water partition coefficient (Wildman–Crippen LogP) is 5.45. The molecule has 16 heteroatoms. The van der Waals surface area contributed by atoms with E-state index >= 15 is 0 Å². The number of ether oxygens (including phenoxy) is 9. The van der Waals surface area contributed by atoms with Crippen LogP contribution in [0.15, 0.2) is 35.9 Å². The maximum Gasteiger partial charge on any atom is 0.508 e. The average Bonchev–Trinajstić information content (AvgIpc) is 3.54. The van der Waals surface area contributed by atoms with E-state index in [2.05, 4.69) is 33.8 Å². The van der Waals surface area contributed by atoms with E-state index in [4.69, 9.17) is 42.6 Å². The zero-order valence-corrected chi connectivity index (χ0v) is 38.2. The van der Waals surface area contributed by atoms with Gasteiger partial charge in [-0.2, -0.15) is 0 Å². The minimum atomic E-state index is -1.63. The summed E-state index contributed by atoms with van der Waals surface area (Å²) in [4.78, 5) is 51.9. The highest BCUT2D eigenvalue weighted by molar-refractivity contribution is 5.89. The number of benzene rings is 1. The van der Waals surface area contributed by atoms with Crippen molar-refractivity contribution in [1.82, 2.24) is 0 Å². The molecule has 0 spiro atoms. The van der Waals surface area contributed by atoms with Crippen molar-refractivity contribution in [2.75, 3.05) is 27.4 Å². The molecule has 0 aromatic heterocycles. The molecule has 2 heterocycles. The fourth-order valence-electron chi connectivity index (χ4n) is 11.9. The maximum atomic E-state index is 13.9. The Morgan fingerprint density at radius 2 is 1.55 bits per heavy atom. The van der Waals surface area contributed by atoms with E-state index < -0.39 is 73.4 Å². The lowest BCUT2D eigenvalue weighted by Gasteiger charge is -2.58. The Balaban J connectivity index is 1.13. The molecule has 0 radical (unpaired) electrons. The molecule has 64 heavy (non-hydrogen) atoms. The zero-order valence-electron chi connectivity index (χ0n) is 38.2. The summed E-state index contributed by atoms with van der Waals surface area (Å²) in [6, 6.07) is 6.10. The first kappa shape index (κ1) is 48.3. The van der Waals surface area contributed by atoms with Crippen molar-refractivity contribution >= 4 is 23.9 Å². The molecule has 0 bridgehead atoms. The van der Waals surface area contributed by atoms with Gasteiger partial charge in [-0.1, -0.05) is 39.3 Å². The monoisotopic (exact) mass is 900 g/mol. The molecule has 5 fully saturated rings. The molecule has 3 N–H and O–H groups in total. The van der Waals surface area contributed by atoms with Crippen LogP contribution in [0.5, 0.6) is 5.75 Å². The molecule has 0 amide bonds. The Bertz CT molecular complexity index is 1850. The molecule has 7 rings (SSSR count). The summed E-state index contributed by atoms with van der Waals surface area (Å²) >= 11 is 0. The van der Waals surface area contributed by atoms with Gasteiger partial charge in [-0.05, 0) is 110 Å². The number of carbonyl (C=O) groups is 4. The maximum absolute atomic E-state index is 13.9. The third-order valence-electron chi connectivity index (χ3n) is 15.5. The quantitative estimate of drug-likeness (QED) is 0.120. The largest absolute Gasteiger partial charge is 0.508 e. The standard InChI is InChI=1S/C48H68O16/c1-25(2)8-12-29(50)21-35-38(22-34-32-15-11-28-20-31(61-46(55)57-7)16-18-47(28,4)33(32)17-19-48(34,35)5)62-45-42(60-26(3)49)40(37(52)24-59-45)64-44-41(39(53)36(51)23-58-44)63-43(54)27-9-13-30(56-6)14-10-27/h9-11,13-14,25,31-42,44-45,51-53H,8,12,15-24H2,1-7H3/t31-,32+,33?,34?,35?,36?,37?,38-,39?,40?,41?,42?,44?,45?,47-,48-/m0/s1. The van der Waals surface area contributed by atoms with Crippen LogP contribution in [-0.4, -0.2) is 128 Å². The third-order valence-corrected chi connectivity index (χ3v) is 15.5. The van der Waals surface area contributed by atoms with Crippen LogP contribution in [0, 0.1) is 40.4 Å². The van der Waals surface area contributed by atoms with Crippen LogP contribution < -0.4 is 4.74 Å². The number of Topliss-reactive ketones (excluding diaryl/α,β-unsaturated/α-hetero) is 1. The lowest BCUT2D eigenvalue weighted by atomic mass is 9.47. The highest BCUT2D eigenvalue weighted by Gasteiger charge is 2.63. The molecule has 1 aromatic carbocycles. The van der Waals surface area contributed by atoms with Gasteiger partial charge >= 0.3 is 18.1 Å². The number of aliphatic hydroxyl groups excluding tert-OH is 3. The first-order valence-corrected chi connectivity index (χ1v) is 23.0. The number of ketones is 1. The summed E-state index contributed by atoms with van der Waals surface area (Å²) in [7, 11) is 2.81. The van der Waals surface area contributed by atoms with Gasteiger partial charge in [-0.25, -0.2) is 9.59 Å². The molecule has 1 aromatic rings. The van der Waals surface area contributed by atoms with Crippen LogP contribution in [0.4, 0.5) is 4.79 Å². The molecule has 11 unspecified atom stereocenters. The highest BCUT2D eigenvalue weighted by Crippen LogP contribution is 2.67. The van der Waals surface area contributed by atoms with Crippen molar-refractivity contribution in [3.63, 3.8) is 0 Å². The van der Waals surface area contributed by atoms with Gasteiger partial charge < -0.3 is 58.0 Å². The Morgan fingerprint density at radius 1 is 0.844 bits per heavy atom. The lowest BCUT2D eigenvalue weighted by Crippen LogP contribution is -2.62. The van der Waals surface area contributed by atoms with Crippen LogP contribution in [0.2, 0.25) is 0 Å². The second-order valence-electron chi connectivity index (χ2n) is 19.7. The normalized spacial score (nSPS) is 39.3. The molecule has 16 atom stereocenters. The van der Waals surface area contributed by atoms with Gasteiger partial charge in [-0.15, -0.1) is 0 Å². The molecule has 356 valence electrons. The molecule has 3 saturated carbocycles. The summed E-state index contributed by atoms with van der Waals surface area (Å²) in [5.74, 6) is 0.195. The lowest BCUT2D eigenvalue weighted by molar-refractivity contribution is -0.340. The fraction of sp³-hybridized carbons (Fsp3) is 0.750. The molecular weight excluding hydrogens is 833 g/mol.